The van der Waals surface area contributed by atoms with Crippen molar-refractivity contribution in [1.82, 2.24) is 0 Å². The maximum Gasteiger partial charge on any atom is 0.0774 e. The zero-order chi connectivity index (χ0) is 21.9. The van der Waals surface area contributed by atoms with Crippen LogP contribution in [0.3, 0.4) is 0 Å². The van der Waals surface area contributed by atoms with Gasteiger partial charge in [-0.2, -0.15) is 5.26 Å². The van der Waals surface area contributed by atoms with Crippen LogP contribution in [0.2, 0.25) is 0 Å². The van der Waals surface area contributed by atoms with E-state index in [9.17, 15) is 10.4 Å². The zero-order valence-electron chi connectivity index (χ0n) is 20.3. The summed E-state index contributed by atoms with van der Waals surface area (Å²) in [6, 6.07) is 2.52. The average Bonchev–Trinajstić information content (AvgIpc) is 2.67. The van der Waals surface area contributed by atoms with Gasteiger partial charge in [0.05, 0.1) is 24.4 Å². The molecule has 29 heavy (non-hydrogen) atoms. The molecule has 170 valence electrons. The number of nitrogens with zero attached hydrogens (tertiary/aromatic N) is 1. The molecule has 6 unspecified atom stereocenters. The summed E-state index contributed by atoms with van der Waals surface area (Å²) in [6.07, 6.45) is 12.6. The molecule has 0 radical (unpaired) electrons. The fraction of sp³-hybridized carbons (Fsp3) is 0.962. The van der Waals surface area contributed by atoms with Gasteiger partial charge in [-0.25, -0.2) is 0 Å². The number of aliphatic hydroxyl groups is 1. The van der Waals surface area contributed by atoms with E-state index in [1.807, 2.05) is 20.8 Å². The molecule has 3 heteroatoms. The number of hydrogen-bond donors (Lipinski definition) is 1. The SMILES string of the molecule is CCC1CCCCCCCC(C)C1C(CC#N)C(C)CCC(O)COC(C)(C)C. The minimum atomic E-state index is -0.414. The third kappa shape index (κ3) is 10.3. The monoisotopic (exact) mass is 407 g/mol. The van der Waals surface area contributed by atoms with E-state index in [4.69, 9.17) is 4.74 Å². The maximum absolute atomic E-state index is 10.4. The summed E-state index contributed by atoms with van der Waals surface area (Å²) in [6.45, 7) is 13.6. The standard InChI is InChI=1S/C26H49NO2/c1-7-22-14-12-10-8-9-11-13-21(3)25(22)24(17-18-27)20(2)15-16-23(28)19-29-26(4,5)6/h20-25,28H,7-17,19H2,1-6H3. The van der Waals surface area contributed by atoms with E-state index in [0.717, 1.165) is 18.8 Å². The van der Waals surface area contributed by atoms with E-state index in [1.54, 1.807) is 0 Å². The number of ether oxygens (including phenoxy) is 1. The molecule has 1 fully saturated rings. The highest BCUT2D eigenvalue weighted by atomic mass is 16.5. The van der Waals surface area contributed by atoms with Gasteiger partial charge in [-0.1, -0.05) is 72.1 Å². The highest BCUT2D eigenvalue weighted by Gasteiger charge is 2.35. The summed E-state index contributed by atoms with van der Waals surface area (Å²) in [5.41, 5.74) is -0.213. The molecule has 1 aliphatic carbocycles. The first kappa shape index (κ1) is 26.4. The maximum atomic E-state index is 10.4. The Balaban J connectivity index is 2.81. The predicted molar refractivity (Wildman–Crippen MR) is 123 cm³/mol. The lowest BCUT2D eigenvalue weighted by atomic mass is 9.64. The van der Waals surface area contributed by atoms with Gasteiger partial charge in [0.2, 0.25) is 0 Å². The molecule has 6 atom stereocenters. The van der Waals surface area contributed by atoms with Crippen LogP contribution in [0.1, 0.15) is 112 Å². The third-order valence-corrected chi connectivity index (χ3v) is 7.18. The van der Waals surface area contributed by atoms with Crippen LogP contribution >= 0.6 is 0 Å². The molecule has 0 saturated heterocycles. The van der Waals surface area contributed by atoms with Gasteiger partial charge >= 0.3 is 0 Å². The molecule has 1 rings (SSSR count). The molecule has 0 aliphatic heterocycles. The van der Waals surface area contributed by atoms with E-state index < -0.39 is 6.10 Å². The van der Waals surface area contributed by atoms with Crippen LogP contribution in [0.25, 0.3) is 0 Å². The topological polar surface area (TPSA) is 53.2 Å². The van der Waals surface area contributed by atoms with E-state index in [0.29, 0.717) is 36.7 Å². The van der Waals surface area contributed by atoms with E-state index in [2.05, 4.69) is 26.8 Å². The van der Waals surface area contributed by atoms with Crippen LogP contribution in [0, 0.1) is 40.9 Å². The Kier molecular flexibility index (Phi) is 12.5. The number of aliphatic hydroxyl groups excluding tert-OH is 1. The Morgan fingerprint density at radius 3 is 2.28 bits per heavy atom. The zero-order valence-corrected chi connectivity index (χ0v) is 20.3. The van der Waals surface area contributed by atoms with Crippen LogP contribution in [0.15, 0.2) is 0 Å². The van der Waals surface area contributed by atoms with Crippen molar-refractivity contribution in [1.29, 1.82) is 5.26 Å². The fourth-order valence-corrected chi connectivity index (χ4v) is 5.42. The Morgan fingerprint density at radius 1 is 1.07 bits per heavy atom. The highest BCUT2D eigenvalue weighted by Crippen LogP contribution is 2.43. The van der Waals surface area contributed by atoms with Crippen molar-refractivity contribution in [2.24, 2.45) is 29.6 Å². The highest BCUT2D eigenvalue weighted by molar-refractivity contribution is 4.89. The van der Waals surface area contributed by atoms with Crippen molar-refractivity contribution in [2.45, 2.75) is 124 Å². The smallest absolute Gasteiger partial charge is 0.0774 e. The minimum Gasteiger partial charge on any atom is -0.391 e. The van der Waals surface area contributed by atoms with Gasteiger partial charge in [0, 0.05) is 6.42 Å². The van der Waals surface area contributed by atoms with Crippen molar-refractivity contribution >= 4 is 0 Å². The Labute approximate surface area is 181 Å². The van der Waals surface area contributed by atoms with Crippen molar-refractivity contribution in [3.05, 3.63) is 0 Å². The molecular formula is C26H49NO2. The lowest BCUT2D eigenvalue weighted by Crippen LogP contribution is -2.34. The molecular weight excluding hydrogens is 358 g/mol. The lowest BCUT2D eigenvalue weighted by molar-refractivity contribution is -0.0526. The van der Waals surface area contributed by atoms with Gasteiger partial charge in [-0.3, -0.25) is 0 Å². The van der Waals surface area contributed by atoms with Crippen LogP contribution in [-0.4, -0.2) is 23.4 Å². The number of hydrogen-bond acceptors (Lipinski definition) is 3. The summed E-state index contributed by atoms with van der Waals surface area (Å²) in [5.74, 6) is 2.96. The van der Waals surface area contributed by atoms with Gasteiger partial charge in [-0.05, 0) is 63.2 Å². The fourth-order valence-electron chi connectivity index (χ4n) is 5.42. The summed E-state index contributed by atoms with van der Waals surface area (Å²) in [5, 5.41) is 20.0. The minimum absolute atomic E-state index is 0.213. The summed E-state index contributed by atoms with van der Waals surface area (Å²) in [4.78, 5) is 0. The van der Waals surface area contributed by atoms with Crippen LogP contribution < -0.4 is 0 Å². The van der Waals surface area contributed by atoms with Gasteiger partial charge < -0.3 is 9.84 Å². The van der Waals surface area contributed by atoms with Crippen LogP contribution in [0.4, 0.5) is 0 Å². The van der Waals surface area contributed by atoms with E-state index in [-0.39, 0.29) is 5.60 Å². The molecule has 0 spiro atoms. The number of rotatable bonds is 9. The molecule has 0 bridgehead atoms. The predicted octanol–water partition coefficient (Wildman–Crippen LogP) is 7.13. The third-order valence-electron chi connectivity index (χ3n) is 7.18. The summed E-state index contributed by atoms with van der Waals surface area (Å²) in [7, 11) is 0. The summed E-state index contributed by atoms with van der Waals surface area (Å²) >= 11 is 0. The first-order valence-electron chi connectivity index (χ1n) is 12.4. The van der Waals surface area contributed by atoms with E-state index in [1.165, 1.54) is 51.4 Å². The second kappa shape index (κ2) is 13.7. The first-order valence-corrected chi connectivity index (χ1v) is 12.4. The molecule has 0 aromatic heterocycles. The van der Waals surface area contributed by atoms with Gasteiger partial charge in [0.15, 0.2) is 0 Å². The second-order valence-corrected chi connectivity index (χ2v) is 10.7. The number of nitriles is 1. The molecule has 3 nitrogen and oxygen atoms in total. The van der Waals surface area contributed by atoms with Gasteiger partial charge in [-0.15, -0.1) is 0 Å². The van der Waals surface area contributed by atoms with Crippen molar-refractivity contribution in [3.63, 3.8) is 0 Å². The molecule has 1 aliphatic rings. The molecule has 1 saturated carbocycles. The Hall–Kier alpha value is -0.590. The van der Waals surface area contributed by atoms with Crippen molar-refractivity contribution in [2.75, 3.05) is 6.61 Å². The average molecular weight is 408 g/mol. The Bertz CT molecular complexity index is 464. The largest absolute Gasteiger partial charge is 0.391 e. The van der Waals surface area contributed by atoms with Crippen LogP contribution in [-0.2, 0) is 4.74 Å². The van der Waals surface area contributed by atoms with E-state index >= 15 is 0 Å². The molecule has 0 heterocycles. The second-order valence-electron chi connectivity index (χ2n) is 10.7. The quantitative estimate of drug-likeness (QED) is 0.442. The Morgan fingerprint density at radius 2 is 1.69 bits per heavy atom. The van der Waals surface area contributed by atoms with Gasteiger partial charge in [0.25, 0.3) is 0 Å². The molecule has 0 aromatic rings. The lowest BCUT2D eigenvalue weighted by Gasteiger charge is -2.40. The normalized spacial score (nSPS) is 27.6. The first-order chi connectivity index (χ1) is 13.7. The molecule has 0 aromatic carbocycles. The summed E-state index contributed by atoms with van der Waals surface area (Å²) < 4.78 is 5.75. The molecule has 0 amide bonds. The van der Waals surface area contributed by atoms with Crippen molar-refractivity contribution < 1.29 is 9.84 Å². The van der Waals surface area contributed by atoms with Crippen LogP contribution in [0.5, 0.6) is 0 Å². The van der Waals surface area contributed by atoms with Gasteiger partial charge in [0.1, 0.15) is 0 Å². The van der Waals surface area contributed by atoms with Crippen molar-refractivity contribution in [3.8, 4) is 6.07 Å². The molecule has 1 N–H and O–H groups in total.